The van der Waals surface area contributed by atoms with E-state index in [4.69, 9.17) is 0 Å². The summed E-state index contributed by atoms with van der Waals surface area (Å²) in [6.45, 7) is 2.11. The largest absolute Gasteiger partial charge is 0.461 e. The molecule has 114 valence electrons. The second-order valence-electron chi connectivity index (χ2n) is 4.38. The van der Waals surface area contributed by atoms with Gasteiger partial charge in [0.2, 0.25) is 5.69 Å². The second-order valence-corrected chi connectivity index (χ2v) is 4.38. The Hall–Kier alpha value is -1.64. The van der Waals surface area contributed by atoms with E-state index >= 15 is 0 Å². The molecular weight excluding hydrogens is 277 g/mol. The highest BCUT2D eigenvalue weighted by Crippen LogP contribution is 2.31. The van der Waals surface area contributed by atoms with Crippen molar-refractivity contribution in [1.82, 2.24) is 19.9 Å². The molecule has 0 saturated heterocycles. The molecule has 0 aromatic carbocycles. The van der Waals surface area contributed by atoms with Gasteiger partial charge in [-0.05, 0) is 34.0 Å². The number of ether oxygens (including phenoxy) is 1. The number of aromatic nitrogens is 3. The molecule has 0 fully saturated rings. The molecule has 0 N–H and O–H groups in total. The van der Waals surface area contributed by atoms with Crippen LogP contribution in [0.15, 0.2) is 0 Å². The molecule has 1 aromatic heterocycles. The average Bonchev–Trinajstić information content (AvgIpc) is 2.72. The van der Waals surface area contributed by atoms with Crippen molar-refractivity contribution < 1.29 is 22.7 Å². The van der Waals surface area contributed by atoms with Crippen molar-refractivity contribution in [2.24, 2.45) is 0 Å². The summed E-state index contributed by atoms with van der Waals surface area (Å²) in [5.41, 5.74) is -1.95. The van der Waals surface area contributed by atoms with E-state index in [1.807, 2.05) is 19.0 Å². The van der Waals surface area contributed by atoms with Crippen LogP contribution in [0.1, 0.15) is 29.5 Å². The first-order valence-corrected chi connectivity index (χ1v) is 6.10. The van der Waals surface area contributed by atoms with E-state index < -0.39 is 23.5 Å². The van der Waals surface area contributed by atoms with Crippen LogP contribution in [0.25, 0.3) is 0 Å². The lowest BCUT2D eigenvalue weighted by atomic mass is 10.3. The minimum absolute atomic E-state index is 0.0242. The molecule has 0 aliphatic rings. The van der Waals surface area contributed by atoms with Gasteiger partial charge in [-0.25, -0.2) is 9.48 Å². The number of hydrogen-bond donors (Lipinski definition) is 0. The zero-order valence-corrected chi connectivity index (χ0v) is 11.6. The fourth-order valence-corrected chi connectivity index (χ4v) is 1.62. The Morgan fingerprint density at radius 1 is 1.40 bits per heavy atom. The fraction of sp³-hybridized carbons (Fsp3) is 0.727. The molecule has 0 unspecified atom stereocenters. The molecular formula is C11H17F3N4O2. The SMILES string of the molecule is CCOC(=O)c1nnn(CCCN(C)C)c1C(F)(F)F. The third-order valence-corrected chi connectivity index (χ3v) is 2.45. The van der Waals surface area contributed by atoms with Crippen LogP contribution in [0.5, 0.6) is 0 Å². The molecule has 0 aliphatic heterocycles. The Balaban J connectivity index is 2.98. The lowest BCUT2D eigenvalue weighted by molar-refractivity contribution is -0.144. The van der Waals surface area contributed by atoms with Crippen molar-refractivity contribution in [2.75, 3.05) is 27.2 Å². The van der Waals surface area contributed by atoms with Crippen molar-refractivity contribution in [2.45, 2.75) is 26.1 Å². The number of nitrogens with zero attached hydrogens (tertiary/aromatic N) is 4. The average molecular weight is 294 g/mol. The number of esters is 1. The van der Waals surface area contributed by atoms with Crippen molar-refractivity contribution in [1.29, 1.82) is 0 Å². The predicted octanol–water partition coefficient (Wildman–Crippen LogP) is 1.43. The zero-order valence-electron chi connectivity index (χ0n) is 11.6. The van der Waals surface area contributed by atoms with E-state index in [0.717, 1.165) is 0 Å². The molecule has 1 heterocycles. The minimum atomic E-state index is -4.70. The third-order valence-electron chi connectivity index (χ3n) is 2.45. The molecule has 0 bridgehead atoms. The van der Waals surface area contributed by atoms with Crippen LogP contribution in [0, 0.1) is 0 Å². The maximum Gasteiger partial charge on any atom is 0.435 e. The van der Waals surface area contributed by atoms with E-state index in [0.29, 0.717) is 17.6 Å². The van der Waals surface area contributed by atoms with E-state index in [1.165, 1.54) is 6.92 Å². The van der Waals surface area contributed by atoms with Gasteiger partial charge in [-0.1, -0.05) is 5.21 Å². The third kappa shape index (κ3) is 4.19. The first-order valence-electron chi connectivity index (χ1n) is 6.10. The number of carbonyl (C=O) groups excluding carboxylic acids is 1. The molecule has 6 nitrogen and oxygen atoms in total. The van der Waals surface area contributed by atoms with Gasteiger partial charge in [0.1, 0.15) is 0 Å². The lowest BCUT2D eigenvalue weighted by Gasteiger charge is -2.12. The smallest absolute Gasteiger partial charge is 0.435 e. The number of halogens is 3. The van der Waals surface area contributed by atoms with Crippen LogP contribution >= 0.6 is 0 Å². The number of carbonyl (C=O) groups is 1. The van der Waals surface area contributed by atoms with Crippen LogP contribution in [0.3, 0.4) is 0 Å². The van der Waals surface area contributed by atoms with Gasteiger partial charge in [0.15, 0.2) is 5.69 Å². The van der Waals surface area contributed by atoms with E-state index in [1.54, 1.807) is 0 Å². The molecule has 0 amide bonds. The Bertz CT molecular complexity index is 457. The highest BCUT2D eigenvalue weighted by molar-refractivity contribution is 5.88. The summed E-state index contributed by atoms with van der Waals surface area (Å²) in [6.07, 6.45) is -4.24. The molecule has 1 aromatic rings. The highest BCUT2D eigenvalue weighted by atomic mass is 19.4. The van der Waals surface area contributed by atoms with Crippen molar-refractivity contribution in [3.05, 3.63) is 11.4 Å². The summed E-state index contributed by atoms with van der Waals surface area (Å²) < 4.78 is 44.3. The van der Waals surface area contributed by atoms with Crippen LogP contribution in [-0.2, 0) is 17.5 Å². The monoisotopic (exact) mass is 294 g/mol. The normalized spacial score (nSPS) is 11.9. The summed E-state index contributed by atoms with van der Waals surface area (Å²) >= 11 is 0. The highest BCUT2D eigenvalue weighted by Gasteiger charge is 2.41. The van der Waals surface area contributed by atoms with Crippen molar-refractivity contribution in [3.63, 3.8) is 0 Å². The minimum Gasteiger partial charge on any atom is -0.461 e. The second kappa shape index (κ2) is 6.69. The first kappa shape index (κ1) is 16.4. The molecule has 1 rings (SSSR count). The van der Waals surface area contributed by atoms with E-state index in [9.17, 15) is 18.0 Å². The van der Waals surface area contributed by atoms with Crippen LogP contribution in [0.2, 0.25) is 0 Å². The summed E-state index contributed by atoms with van der Waals surface area (Å²) in [7, 11) is 3.63. The Morgan fingerprint density at radius 3 is 2.55 bits per heavy atom. The maximum atomic E-state index is 13.0. The van der Waals surface area contributed by atoms with Gasteiger partial charge in [-0.3, -0.25) is 0 Å². The quantitative estimate of drug-likeness (QED) is 0.743. The van der Waals surface area contributed by atoms with Gasteiger partial charge in [0.25, 0.3) is 0 Å². The maximum absolute atomic E-state index is 13.0. The Kier molecular flexibility index (Phi) is 5.49. The topological polar surface area (TPSA) is 60.2 Å². The summed E-state index contributed by atoms with van der Waals surface area (Å²) in [5.74, 6) is -1.11. The summed E-state index contributed by atoms with van der Waals surface area (Å²) in [4.78, 5) is 13.3. The molecule has 9 heteroatoms. The van der Waals surface area contributed by atoms with Gasteiger partial charge in [0.05, 0.1) is 6.61 Å². The first-order chi connectivity index (χ1) is 9.27. The number of rotatable bonds is 6. The van der Waals surface area contributed by atoms with Gasteiger partial charge in [-0.15, -0.1) is 5.10 Å². The Labute approximate surface area is 114 Å². The number of aryl methyl sites for hydroxylation is 1. The van der Waals surface area contributed by atoms with Crippen LogP contribution < -0.4 is 0 Å². The number of hydrogen-bond acceptors (Lipinski definition) is 5. The van der Waals surface area contributed by atoms with Crippen LogP contribution in [0.4, 0.5) is 13.2 Å². The zero-order chi connectivity index (χ0) is 15.3. The van der Waals surface area contributed by atoms with Gasteiger partial charge in [0, 0.05) is 6.54 Å². The van der Waals surface area contributed by atoms with Crippen LogP contribution in [-0.4, -0.2) is 53.1 Å². The van der Waals surface area contributed by atoms with Gasteiger partial charge in [-0.2, -0.15) is 13.2 Å². The van der Waals surface area contributed by atoms with Gasteiger partial charge < -0.3 is 9.64 Å². The summed E-state index contributed by atoms with van der Waals surface area (Å²) in [6, 6.07) is 0. The van der Waals surface area contributed by atoms with E-state index in [2.05, 4.69) is 15.0 Å². The molecule has 0 spiro atoms. The van der Waals surface area contributed by atoms with Crippen molar-refractivity contribution in [3.8, 4) is 0 Å². The molecule has 0 saturated carbocycles. The molecule has 0 radical (unpaired) electrons. The lowest BCUT2D eigenvalue weighted by Crippen LogP contribution is -2.21. The van der Waals surface area contributed by atoms with E-state index in [-0.39, 0.29) is 13.2 Å². The predicted molar refractivity (Wildman–Crippen MR) is 64.2 cm³/mol. The number of alkyl halides is 3. The molecule has 20 heavy (non-hydrogen) atoms. The fourth-order valence-electron chi connectivity index (χ4n) is 1.62. The van der Waals surface area contributed by atoms with Crippen molar-refractivity contribution >= 4 is 5.97 Å². The standard InChI is InChI=1S/C11H17F3N4O2/c1-4-20-10(19)8-9(11(12,13)14)18(16-15-8)7-5-6-17(2)3/h4-7H2,1-3H3. The molecule has 0 aliphatic carbocycles. The van der Waals surface area contributed by atoms with Gasteiger partial charge >= 0.3 is 12.1 Å². The summed E-state index contributed by atoms with van der Waals surface area (Å²) in [5, 5.41) is 6.71. The Morgan fingerprint density at radius 2 is 2.05 bits per heavy atom. The molecule has 0 atom stereocenters.